The minimum absolute atomic E-state index is 0.146. The van der Waals surface area contributed by atoms with Crippen LogP contribution >= 0.6 is 0 Å². The van der Waals surface area contributed by atoms with Crippen LogP contribution in [0.3, 0.4) is 0 Å². The highest BCUT2D eigenvalue weighted by atomic mass is 19.1. The third kappa shape index (κ3) is 1.49. The first-order valence-electron chi connectivity index (χ1n) is 6.05. The molecule has 0 heterocycles. The smallest absolute Gasteiger partial charge is 0.112 e. The van der Waals surface area contributed by atoms with Crippen molar-refractivity contribution in [2.75, 3.05) is 6.61 Å². The lowest BCUT2D eigenvalue weighted by atomic mass is 9.49. The fourth-order valence-electron chi connectivity index (χ4n) is 4.74. The van der Waals surface area contributed by atoms with Crippen LogP contribution in [-0.4, -0.2) is 12.3 Å². The zero-order valence-electron chi connectivity index (χ0n) is 9.18. The lowest BCUT2D eigenvalue weighted by Crippen LogP contribution is -2.55. The van der Waals surface area contributed by atoms with Gasteiger partial charge in [0, 0.05) is 5.41 Å². The number of rotatable bonds is 3. The Balaban J connectivity index is 1.83. The van der Waals surface area contributed by atoms with Crippen molar-refractivity contribution < 1.29 is 9.13 Å². The summed E-state index contributed by atoms with van der Waals surface area (Å²) in [6.45, 7) is 4.27. The van der Waals surface area contributed by atoms with Crippen LogP contribution in [0, 0.1) is 17.3 Å². The summed E-state index contributed by atoms with van der Waals surface area (Å²) in [4.78, 5) is 0. The maximum absolute atomic E-state index is 14.5. The summed E-state index contributed by atoms with van der Waals surface area (Å²) in [5.74, 6) is 1.26. The van der Waals surface area contributed by atoms with E-state index < -0.39 is 5.67 Å². The van der Waals surface area contributed by atoms with Crippen LogP contribution < -0.4 is 0 Å². The summed E-state index contributed by atoms with van der Waals surface area (Å²) in [6.07, 6.45) is 7.51. The van der Waals surface area contributed by atoms with Crippen molar-refractivity contribution in [3.8, 4) is 0 Å². The summed E-state index contributed by atoms with van der Waals surface area (Å²) in [5.41, 5.74) is -0.707. The van der Waals surface area contributed by atoms with Gasteiger partial charge in [0.1, 0.15) is 5.67 Å². The summed E-state index contributed by atoms with van der Waals surface area (Å²) < 4.78 is 19.8. The predicted octanol–water partition coefficient (Wildman–Crippen LogP) is 3.46. The van der Waals surface area contributed by atoms with Crippen LogP contribution in [0.2, 0.25) is 0 Å². The van der Waals surface area contributed by atoms with Gasteiger partial charge in [-0.05, 0) is 50.4 Å². The Labute approximate surface area is 90.7 Å². The molecule has 2 atom stereocenters. The van der Waals surface area contributed by atoms with Crippen molar-refractivity contribution in [2.24, 2.45) is 17.3 Å². The van der Waals surface area contributed by atoms with Gasteiger partial charge in [-0.1, -0.05) is 6.58 Å². The van der Waals surface area contributed by atoms with Crippen molar-refractivity contribution in [2.45, 2.75) is 44.2 Å². The molecule has 0 spiro atoms. The van der Waals surface area contributed by atoms with E-state index >= 15 is 0 Å². The fourth-order valence-corrected chi connectivity index (χ4v) is 4.74. The first-order valence-corrected chi connectivity index (χ1v) is 6.05. The van der Waals surface area contributed by atoms with Gasteiger partial charge < -0.3 is 4.74 Å². The number of halogens is 1. The summed E-state index contributed by atoms with van der Waals surface area (Å²) in [6, 6.07) is 0. The van der Waals surface area contributed by atoms with E-state index in [0.717, 1.165) is 19.3 Å². The SMILES string of the molecule is C=COCC12CC3CC(CC(F)(C3)C1)C2. The van der Waals surface area contributed by atoms with Crippen molar-refractivity contribution in [3.63, 3.8) is 0 Å². The Bertz CT molecular complexity index is 272. The second kappa shape index (κ2) is 2.99. The molecule has 4 rings (SSSR count). The molecule has 1 nitrogen and oxygen atoms in total. The van der Waals surface area contributed by atoms with Gasteiger partial charge in [-0.3, -0.25) is 0 Å². The van der Waals surface area contributed by atoms with Crippen LogP contribution in [0.1, 0.15) is 38.5 Å². The molecule has 0 saturated heterocycles. The van der Waals surface area contributed by atoms with E-state index in [9.17, 15) is 4.39 Å². The molecule has 84 valence electrons. The topological polar surface area (TPSA) is 9.23 Å². The van der Waals surface area contributed by atoms with Crippen LogP contribution in [0.25, 0.3) is 0 Å². The minimum atomic E-state index is -0.853. The maximum Gasteiger partial charge on any atom is 0.112 e. The van der Waals surface area contributed by atoms with Gasteiger partial charge in [-0.2, -0.15) is 0 Å². The standard InChI is InChI=1S/C13H19FO/c1-2-15-9-12-4-10-3-11(5-12)7-13(14,6-10)8-12/h2,10-11H,1,3-9H2. The van der Waals surface area contributed by atoms with E-state index in [0.29, 0.717) is 18.4 Å². The van der Waals surface area contributed by atoms with Crippen molar-refractivity contribution in [3.05, 3.63) is 12.8 Å². The molecule has 4 aliphatic rings. The zero-order chi connectivity index (χ0) is 10.5. The minimum Gasteiger partial charge on any atom is -0.501 e. The Kier molecular flexibility index (Phi) is 1.93. The molecule has 2 unspecified atom stereocenters. The second-order valence-corrected chi connectivity index (χ2v) is 6.09. The highest BCUT2D eigenvalue weighted by Gasteiger charge is 2.58. The average Bonchev–Trinajstić information content (AvgIpc) is 2.10. The van der Waals surface area contributed by atoms with Gasteiger partial charge in [0.2, 0.25) is 0 Å². The number of alkyl halides is 1. The van der Waals surface area contributed by atoms with Gasteiger partial charge in [0.15, 0.2) is 0 Å². The quantitative estimate of drug-likeness (QED) is 0.648. The number of hydrogen-bond donors (Lipinski definition) is 0. The molecule has 0 aromatic carbocycles. The molecule has 0 radical (unpaired) electrons. The maximum atomic E-state index is 14.5. The first kappa shape index (κ1) is 9.68. The van der Waals surface area contributed by atoms with Crippen LogP contribution in [-0.2, 0) is 4.74 Å². The molecule has 4 bridgehead atoms. The molecule has 4 saturated carbocycles. The monoisotopic (exact) mass is 210 g/mol. The van der Waals surface area contributed by atoms with Crippen LogP contribution in [0.4, 0.5) is 4.39 Å². The normalized spacial score (nSPS) is 51.8. The van der Waals surface area contributed by atoms with Gasteiger partial charge in [0.25, 0.3) is 0 Å². The Hall–Kier alpha value is -0.530. The molecule has 2 heteroatoms. The Morgan fingerprint density at radius 2 is 1.93 bits per heavy atom. The molecule has 0 aromatic rings. The Morgan fingerprint density at radius 3 is 2.47 bits per heavy atom. The molecule has 4 fully saturated rings. The zero-order valence-corrected chi connectivity index (χ0v) is 9.18. The first-order chi connectivity index (χ1) is 7.13. The molecule has 15 heavy (non-hydrogen) atoms. The van der Waals surface area contributed by atoms with Gasteiger partial charge in [-0.15, -0.1) is 0 Å². The average molecular weight is 210 g/mol. The summed E-state index contributed by atoms with van der Waals surface area (Å²) >= 11 is 0. The Morgan fingerprint density at radius 1 is 1.27 bits per heavy atom. The van der Waals surface area contributed by atoms with Gasteiger partial charge in [0.05, 0.1) is 12.9 Å². The lowest BCUT2D eigenvalue weighted by Gasteiger charge is -2.58. The molecule has 0 aliphatic heterocycles. The molecule has 0 aromatic heterocycles. The highest BCUT2D eigenvalue weighted by molar-refractivity contribution is 5.08. The van der Waals surface area contributed by atoms with Gasteiger partial charge in [-0.25, -0.2) is 4.39 Å². The van der Waals surface area contributed by atoms with Crippen molar-refractivity contribution in [1.29, 1.82) is 0 Å². The fraction of sp³-hybridized carbons (Fsp3) is 0.846. The predicted molar refractivity (Wildman–Crippen MR) is 57.1 cm³/mol. The van der Waals surface area contributed by atoms with Crippen LogP contribution in [0.5, 0.6) is 0 Å². The molecule has 0 N–H and O–H groups in total. The van der Waals surface area contributed by atoms with E-state index in [-0.39, 0.29) is 5.41 Å². The number of hydrogen-bond acceptors (Lipinski definition) is 1. The number of ether oxygens (including phenoxy) is 1. The van der Waals surface area contributed by atoms with E-state index in [1.807, 2.05) is 0 Å². The largest absolute Gasteiger partial charge is 0.501 e. The van der Waals surface area contributed by atoms with E-state index in [1.165, 1.54) is 25.5 Å². The third-order valence-electron chi connectivity index (χ3n) is 4.62. The summed E-state index contributed by atoms with van der Waals surface area (Å²) in [7, 11) is 0. The van der Waals surface area contributed by atoms with E-state index in [4.69, 9.17) is 4.74 Å². The summed E-state index contributed by atoms with van der Waals surface area (Å²) in [5, 5.41) is 0. The van der Waals surface area contributed by atoms with E-state index in [1.54, 1.807) is 0 Å². The van der Waals surface area contributed by atoms with Crippen molar-refractivity contribution in [1.82, 2.24) is 0 Å². The highest BCUT2D eigenvalue weighted by Crippen LogP contribution is 2.62. The lowest BCUT2D eigenvalue weighted by molar-refractivity contribution is -0.140. The van der Waals surface area contributed by atoms with Crippen LogP contribution in [0.15, 0.2) is 12.8 Å². The molecule has 4 aliphatic carbocycles. The van der Waals surface area contributed by atoms with Crippen molar-refractivity contribution >= 4 is 0 Å². The molecular weight excluding hydrogens is 191 g/mol. The molecule has 0 amide bonds. The van der Waals surface area contributed by atoms with Gasteiger partial charge >= 0.3 is 0 Å². The second-order valence-electron chi connectivity index (χ2n) is 6.09. The van der Waals surface area contributed by atoms with E-state index in [2.05, 4.69) is 6.58 Å². The molecular formula is C13H19FO. The third-order valence-corrected chi connectivity index (χ3v) is 4.62.